The molecule has 3 heterocycles. The van der Waals surface area contributed by atoms with Crippen LogP contribution in [0.2, 0.25) is 0 Å². The normalized spacial score (nSPS) is 19.1. The Bertz CT molecular complexity index is 952. The van der Waals surface area contributed by atoms with E-state index >= 15 is 0 Å². The van der Waals surface area contributed by atoms with Gasteiger partial charge in [-0.1, -0.05) is 6.07 Å². The van der Waals surface area contributed by atoms with Crippen LogP contribution in [0.1, 0.15) is 37.3 Å². The Morgan fingerprint density at radius 2 is 1.86 bits per heavy atom. The molecular weight excluding hydrogens is 368 g/mol. The van der Waals surface area contributed by atoms with Crippen molar-refractivity contribution in [1.82, 2.24) is 19.8 Å². The molecule has 0 aliphatic carbocycles. The second-order valence-corrected chi connectivity index (χ2v) is 7.52. The predicted molar refractivity (Wildman–Crippen MR) is 115 cm³/mol. The second-order valence-electron chi connectivity index (χ2n) is 7.13. The van der Waals surface area contributed by atoms with E-state index in [0.717, 1.165) is 22.2 Å². The van der Waals surface area contributed by atoms with E-state index < -0.39 is 0 Å². The number of aromatic nitrogens is 2. The van der Waals surface area contributed by atoms with Gasteiger partial charge in [0.05, 0.1) is 24.9 Å². The molecule has 1 N–H and O–H groups in total. The highest BCUT2D eigenvalue weighted by Gasteiger charge is 2.42. The topological polar surface area (TPSA) is 42.3 Å². The number of nitrogens with one attached hydrogen (secondary N) is 1. The summed E-state index contributed by atoms with van der Waals surface area (Å²) < 4.78 is 7.51. The lowest BCUT2D eigenvalue weighted by atomic mass is 10.0. The quantitative estimate of drug-likeness (QED) is 0.657. The third kappa shape index (κ3) is 3.24. The molecule has 2 aromatic heterocycles. The Labute approximate surface area is 171 Å². The number of nitrogens with zero attached hydrogens (tertiary/aromatic N) is 3. The summed E-state index contributed by atoms with van der Waals surface area (Å²) in [6, 6.07) is 18.6. The summed E-state index contributed by atoms with van der Waals surface area (Å²) >= 11 is 5.70. The molecule has 0 saturated carbocycles. The zero-order valence-electron chi connectivity index (χ0n) is 16.2. The summed E-state index contributed by atoms with van der Waals surface area (Å²) in [4.78, 5) is 6.87. The Balaban J connectivity index is 1.80. The van der Waals surface area contributed by atoms with Crippen LogP contribution in [0, 0.1) is 0 Å². The number of rotatable bonds is 5. The highest BCUT2D eigenvalue weighted by molar-refractivity contribution is 7.80. The van der Waals surface area contributed by atoms with Crippen molar-refractivity contribution >= 4 is 17.3 Å². The van der Waals surface area contributed by atoms with E-state index in [-0.39, 0.29) is 18.1 Å². The number of thiocarbonyl (C=S) groups is 1. The Morgan fingerprint density at radius 3 is 2.50 bits per heavy atom. The van der Waals surface area contributed by atoms with Gasteiger partial charge in [0, 0.05) is 29.8 Å². The van der Waals surface area contributed by atoms with Crippen molar-refractivity contribution in [2.45, 2.75) is 32.0 Å². The number of ether oxygens (including phenoxy) is 1. The summed E-state index contributed by atoms with van der Waals surface area (Å²) in [6.07, 6.45) is 3.92. The first kappa shape index (κ1) is 18.5. The number of hydrogen-bond donors (Lipinski definition) is 1. The van der Waals surface area contributed by atoms with Crippen LogP contribution in [-0.2, 0) is 0 Å². The minimum atomic E-state index is -0.0111. The molecule has 0 unspecified atom stereocenters. The standard InChI is InChI=1S/C22H24N4OS/c1-15(2)26-21(20(24-22(26)28)18-7-4-5-13-23-18)19-8-6-14-25(19)16-9-11-17(27-3)12-10-16/h4-15,20-21H,1-3H3,(H,24,28)/t20-,21-/m1/s1. The van der Waals surface area contributed by atoms with Crippen molar-refractivity contribution in [3.63, 3.8) is 0 Å². The van der Waals surface area contributed by atoms with Crippen LogP contribution in [0.15, 0.2) is 67.0 Å². The van der Waals surface area contributed by atoms with Crippen molar-refractivity contribution in [3.05, 3.63) is 78.4 Å². The number of methoxy groups -OCH3 is 1. The first-order valence-electron chi connectivity index (χ1n) is 9.41. The van der Waals surface area contributed by atoms with Crippen molar-refractivity contribution in [2.24, 2.45) is 0 Å². The van der Waals surface area contributed by atoms with E-state index in [0.29, 0.717) is 0 Å². The van der Waals surface area contributed by atoms with Crippen molar-refractivity contribution in [1.29, 1.82) is 0 Å². The average molecular weight is 393 g/mol. The molecule has 1 aliphatic heterocycles. The fourth-order valence-corrected chi connectivity index (χ4v) is 4.30. The first-order valence-corrected chi connectivity index (χ1v) is 9.82. The molecular formula is C22H24N4OS. The molecule has 0 bridgehead atoms. The van der Waals surface area contributed by atoms with Gasteiger partial charge >= 0.3 is 0 Å². The third-order valence-corrected chi connectivity index (χ3v) is 5.45. The van der Waals surface area contributed by atoms with Crippen LogP contribution < -0.4 is 10.1 Å². The maximum absolute atomic E-state index is 5.70. The van der Waals surface area contributed by atoms with Gasteiger partial charge in [-0.2, -0.15) is 0 Å². The van der Waals surface area contributed by atoms with Crippen LogP contribution in [-0.4, -0.2) is 32.7 Å². The van der Waals surface area contributed by atoms with Crippen LogP contribution in [0.4, 0.5) is 0 Å². The molecule has 3 aromatic rings. The maximum Gasteiger partial charge on any atom is 0.170 e. The molecule has 5 nitrogen and oxygen atoms in total. The van der Waals surface area contributed by atoms with E-state index in [1.165, 1.54) is 5.69 Å². The summed E-state index contributed by atoms with van der Waals surface area (Å²) in [5.74, 6) is 0.844. The molecule has 1 saturated heterocycles. The molecule has 6 heteroatoms. The van der Waals surface area contributed by atoms with Crippen LogP contribution in [0.5, 0.6) is 5.75 Å². The van der Waals surface area contributed by atoms with Crippen molar-refractivity contribution in [2.75, 3.05) is 7.11 Å². The van der Waals surface area contributed by atoms with Gasteiger partial charge in [0.15, 0.2) is 5.11 Å². The molecule has 144 valence electrons. The van der Waals surface area contributed by atoms with E-state index in [4.69, 9.17) is 17.0 Å². The third-order valence-electron chi connectivity index (χ3n) is 5.13. The van der Waals surface area contributed by atoms with Gasteiger partial charge in [-0.05, 0) is 74.6 Å². The first-order chi connectivity index (χ1) is 13.6. The van der Waals surface area contributed by atoms with Gasteiger partial charge in [-0.15, -0.1) is 0 Å². The minimum absolute atomic E-state index is 0.0111. The highest BCUT2D eigenvalue weighted by Crippen LogP contribution is 2.40. The molecule has 4 rings (SSSR count). The van der Waals surface area contributed by atoms with E-state index in [1.54, 1.807) is 7.11 Å². The Morgan fingerprint density at radius 1 is 1.07 bits per heavy atom. The smallest absolute Gasteiger partial charge is 0.170 e. The lowest BCUT2D eigenvalue weighted by molar-refractivity contribution is 0.262. The summed E-state index contributed by atoms with van der Waals surface area (Å²) in [5.41, 5.74) is 3.24. The highest BCUT2D eigenvalue weighted by atomic mass is 32.1. The van der Waals surface area contributed by atoms with Gasteiger partial charge < -0.3 is 19.5 Å². The Kier molecular flexibility index (Phi) is 5.05. The molecule has 0 spiro atoms. The second kappa shape index (κ2) is 7.64. The van der Waals surface area contributed by atoms with E-state index in [1.807, 2.05) is 30.5 Å². The lowest BCUT2D eigenvalue weighted by Crippen LogP contribution is -2.36. The van der Waals surface area contributed by atoms with Crippen molar-refractivity contribution in [3.8, 4) is 11.4 Å². The van der Waals surface area contributed by atoms with Crippen molar-refractivity contribution < 1.29 is 4.74 Å². The SMILES string of the molecule is COc1ccc(-n2cccc2[C@@H]2[C@@H](c3ccccn3)NC(=S)N2C(C)C)cc1. The maximum atomic E-state index is 5.70. The molecule has 0 amide bonds. The molecule has 28 heavy (non-hydrogen) atoms. The summed E-state index contributed by atoms with van der Waals surface area (Å²) in [5, 5.41) is 4.26. The predicted octanol–water partition coefficient (Wildman–Crippen LogP) is 4.26. The number of pyridine rings is 1. The molecule has 0 radical (unpaired) electrons. The fraction of sp³-hybridized carbons (Fsp3) is 0.273. The van der Waals surface area contributed by atoms with Gasteiger partial charge in [0.2, 0.25) is 0 Å². The number of hydrogen-bond acceptors (Lipinski definition) is 3. The van der Waals surface area contributed by atoms with Gasteiger partial charge in [-0.25, -0.2) is 0 Å². The average Bonchev–Trinajstić information content (AvgIpc) is 3.32. The molecule has 2 atom stereocenters. The summed E-state index contributed by atoms with van der Waals surface area (Å²) in [7, 11) is 1.68. The van der Waals surface area contributed by atoms with Gasteiger partial charge in [0.25, 0.3) is 0 Å². The van der Waals surface area contributed by atoms with Crippen LogP contribution >= 0.6 is 12.2 Å². The Hall–Kier alpha value is -2.86. The molecule has 1 aliphatic rings. The minimum Gasteiger partial charge on any atom is -0.497 e. The molecule has 1 fully saturated rings. The largest absolute Gasteiger partial charge is 0.497 e. The zero-order valence-corrected chi connectivity index (χ0v) is 17.1. The van der Waals surface area contributed by atoms with Crippen LogP contribution in [0.3, 0.4) is 0 Å². The monoisotopic (exact) mass is 392 g/mol. The molecule has 1 aromatic carbocycles. The summed E-state index contributed by atoms with van der Waals surface area (Å²) in [6.45, 7) is 4.34. The van der Waals surface area contributed by atoms with Gasteiger partial charge in [-0.3, -0.25) is 4.98 Å². The van der Waals surface area contributed by atoms with E-state index in [9.17, 15) is 0 Å². The van der Waals surface area contributed by atoms with Crippen LogP contribution in [0.25, 0.3) is 5.69 Å². The fourth-order valence-electron chi connectivity index (χ4n) is 3.85. The lowest BCUT2D eigenvalue weighted by Gasteiger charge is -2.31. The van der Waals surface area contributed by atoms with Gasteiger partial charge in [0.1, 0.15) is 5.75 Å². The van der Waals surface area contributed by atoms with E-state index in [2.05, 4.69) is 70.1 Å². The number of benzene rings is 1. The zero-order chi connectivity index (χ0) is 19.7.